The lowest BCUT2D eigenvalue weighted by Crippen LogP contribution is -2.48. The number of nitrogens with zero attached hydrogens (tertiary/aromatic N) is 1. The van der Waals surface area contributed by atoms with Crippen LogP contribution < -0.4 is 5.32 Å². The van der Waals surface area contributed by atoms with E-state index in [0.29, 0.717) is 6.04 Å². The van der Waals surface area contributed by atoms with Crippen molar-refractivity contribution in [2.75, 3.05) is 32.8 Å². The summed E-state index contributed by atoms with van der Waals surface area (Å²) in [6, 6.07) is 4.67. The minimum absolute atomic E-state index is 0.281. The second-order valence-electron chi connectivity index (χ2n) is 4.76. The van der Waals surface area contributed by atoms with E-state index in [0.717, 1.165) is 26.2 Å². The van der Waals surface area contributed by atoms with Gasteiger partial charge in [-0.25, -0.2) is 0 Å². The third-order valence-corrected chi connectivity index (χ3v) is 4.32. The van der Waals surface area contributed by atoms with Gasteiger partial charge >= 0.3 is 0 Å². The maximum atomic E-state index is 6.00. The molecule has 1 fully saturated rings. The van der Waals surface area contributed by atoms with Gasteiger partial charge in [0.05, 0.1) is 18.8 Å². The second kappa shape index (κ2) is 7.24. The third-order valence-electron chi connectivity index (χ3n) is 3.36. The molecule has 0 spiro atoms. The molecule has 0 saturated carbocycles. The van der Waals surface area contributed by atoms with Crippen LogP contribution in [0.4, 0.5) is 0 Å². The quantitative estimate of drug-likeness (QED) is 0.858. The molecule has 2 unspecified atom stereocenters. The standard InChI is InChI=1S/C14H24N2OS/c1-3-7-16-8-9-17-12(11-16)14(15-4-2)13-6-5-10-18-13/h5-6,10,12,14-15H,3-4,7-9,11H2,1-2H3. The largest absolute Gasteiger partial charge is 0.374 e. The fourth-order valence-corrected chi connectivity index (χ4v) is 3.41. The molecule has 0 amide bonds. The first-order valence-electron chi connectivity index (χ1n) is 6.95. The molecule has 0 bridgehead atoms. The molecule has 102 valence electrons. The smallest absolute Gasteiger partial charge is 0.0904 e. The van der Waals surface area contributed by atoms with Crippen molar-refractivity contribution in [3.8, 4) is 0 Å². The molecule has 0 aliphatic carbocycles. The highest BCUT2D eigenvalue weighted by Crippen LogP contribution is 2.26. The maximum absolute atomic E-state index is 6.00. The lowest BCUT2D eigenvalue weighted by molar-refractivity contribution is -0.0462. The summed E-state index contributed by atoms with van der Waals surface area (Å²) in [6.45, 7) is 9.55. The van der Waals surface area contributed by atoms with Crippen LogP contribution >= 0.6 is 11.3 Å². The average Bonchev–Trinajstić information content (AvgIpc) is 2.90. The lowest BCUT2D eigenvalue weighted by atomic mass is 10.1. The molecule has 4 heteroatoms. The van der Waals surface area contributed by atoms with Gasteiger partial charge in [0.1, 0.15) is 0 Å². The summed E-state index contributed by atoms with van der Waals surface area (Å²) in [4.78, 5) is 3.91. The summed E-state index contributed by atoms with van der Waals surface area (Å²) in [5, 5.41) is 5.72. The molecule has 2 rings (SSSR count). The number of ether oxygens (including phenoxy) is 1. The summed E-state index contributed by atoms with van der Waals surface area (Å²) in [6.07, 6.45) is 1.50. The SMILES string of the molecule is CCCN1CCOC(C(NCC)c2cccs2)C1. The summed E-state index contributed by atoms with van der Waals surface area (Å²) in [5.41, 5.74) is 0. The molecule has 1 aromatic rings. The van der Waals surface area contributed by atoms with Gasteiger partial charge in [-0.3, -0.25) is 4.90 Å². The Balaban J connectivity index is 2.01. The average molecular weight is 268 g/mol. The lowest BCUT2D eigenvalue weighted by Gasteiger charge is -2.37. The Kier molecular flexibility index (Phi) is 5.63. The number of nitrogens with one attached hydrogen (secondary N) is 1. The van der Waals surface area contributed by atoms with Gasteiger partial charge in [-0.2, -0.15) is 0 Å². The molecular formula is C14H24N2OS. The number of likely N-dealkylation sites (N-methyl/N-ethyl adjacent to an activating group) is 1. The van der Waals surface area contributed by atoms with E-state index in [-0.39, 0.29) is 6.10 Å². The Bertz CT molecular complexity index is 327. The first-order valence-corrected chi connectivity index (χ1v) is 7.83. The van der Waals surface area contributed by atoms with Gasteiger partial charge in [-0.05, 0) is 31.0 Å². The van der Waals surface area contributed by atoms with Crippen LogP contribution in [0.3, 0.4) is 0 Å². The Morgan fingerprint density at radius 2 is 2.44 bits per heavy atom. The maximum Gasteiger partial charge on any atom is 0.0904 e. The van der Waals surface area contributed by atoms with Crippen molar-refractivity contribution in [2.24, 2.45) is 0 Å². The molecule has 2 atom stereocenters. The molecule has 0 aromatic carbocycles. The molecule has 2 heterocycles. The van der Waals surface area contributed by atoms with E-state index in [1.54, 1.807) is 0 Å². The van der Waals surface area contributed by atoms with Crippen LogP contribution in [0.15, 0.2) is 17.5 Å². The van der Waals surface area contributed by atoms with E-state index in [4.69, 9.17) is 4.74 Å². The Hall–Kier alpha value is -0.420. The normalized spacial score (nSPS) is 23.1. The van der Waals surface area contributed by atoms with E-state index in [9.17, 15) is 0 Å². The summed E-state index contributed by atoms with van der Waals surface area (Å²) < 4.78 is 6.00. The monoisotopic (exact) mass is 268 g/mol. The summed E-state index contributed by atoms with van der Waals surface area (Å²) in [7, 11) is 0. The predicted octanol–water partition coefficient (Wildman–Crippen LogP) is 2.51. The first kappa shape index (κ1) is 14.0. The van der Waals surface area contributed by atoms with E-state index in [1.165, 1.54) is 17.8 Å². The number of rotatable bonds is 6. The zero-order chi connectivity index (χ0) is 12.8. The van der Waals surface area contributed by atoms with Crippen LogP contribution in [0.25, 0.3) is 0 Å². The predicted molar refractivity (Wildman–Crippen MR) is 77.2 cm³/mol. The molecule has 1 saturated heterocycles. The molecule has 1 aliphatic rings. The van der Waals surface area contributed by atoms with Crippen molar-refractivity contribution in [3.63, 3.8) is 0 Å². The highest BCUT2D eigenvalue weighted by molar-refractivity contribution is 7.10. The van der Waals surface area contributed by atoms with Crippen LogP contribution in [0.1, 0.15) is 31.2 Å². The molecule has 1 N–H and O–H groups in total. The van der Waals surface area contributed by atoms with Crippen LogP contribution in [0, 0.1) is 0 Å². The highest BCUT2D eigenvalue weighted by atomic mass is 32.1. The van der Waals surface area contributed by atoms with Crippen LogP contribution in [0.2, 0.25) is 0 Å². The molecule has 0 radical (unpaired) electrons. The number of hydrogen-bond donors (Lipinski definition) is 1. The highest BCUT2D eigenvalue weighted by Gasteiger charge is 2.28. The Morgan fingerprint density at radius 1 is 1.56 bits per heavy atom. The van der Waals surface area contributed by atoms with E-state index in [1.807, 2.05) is 11.3 Å². The van der Waals surface area contributed by atoms with E-state index in [2.05, 4.69) is 41.6 Å². The third kappa shape index (κ3) is 3.54. The van der Waals surface area contributed by atoms with E-state index < -0.39 is 0 Å². The van der Waals surface area contributed by atoms with Crippen molar-refractivity contribution in [3.05, 3.63) is 22.4 Å². The van der Waals surface area contributed by atoms with Gasteiger partial charge in [-0.15, -0.1) is 11.3 Å². The van der Waals surface area contributed by atoms with Gasteiger partial charge < -0.3 is 10.1 Å². The van der Waals surface area contributed by atoms with Crippen LogP contribution in [0.5, 0.6) is 0 Å². The minimum atomic E-state index is 0.281. The zero-order valence-corrected chi connectivity index (χ0v) is 12.2. The second-order valence-corrected chi connectivity index (χ2v) is 5.74. The van der Waals surface area contributed by atoms with E-state index >= 15 is 0 Å². The van der Waals surface area contributed by atoms with Gasteiger partial charge in [0.25, 0.3) is 0 Å². The zero-order valence-electron chi connectivity index (χ0n) is 11.4. The van der Waals surface area contributed by atoms with Crippen LogP contribution in [-0.2, 0) is 4.74 Å². The van der Waals surface area contributed by atoms with Crippen LogP contribution in [-0.4, -0.2) is 43.8 Å². The van der Waals surface area contributed by atoms with Gasteiger partial charge in [0.2, 0.25) is 0 Å². The summed E-state index contributed by atoms with van der Waals surface area (Å²) in [5.74, 6) is 0. The van der Waals surface area contributed by atoms with Gasteiger partial charge in [0.15, 0.2) is 0 Å². The number of thiophene rings is 1. The summed E-state index contributed by atoms with van der Waals surface area (Å²) >= 11 is 1.82. The minimum Gasteiger partial charge on any atom is -0.374 e. The number of morpholine rings is 1. The van der Waals surface area contributed by atoms with Crippen molar-refractivity contribution in [2.45, 2.75) is 32.4 Å². The number of hydrogen-bond acceptors (Lipinski definition) is 4. The van der Waals surface area contributed by atoms with Crippen molar-refractivity contribution < 1.29 is 4.74 Å². The van der Waals surface area contributed by atoms with Gasteiger partial charge in [-0.1, -0.05) is 19.9 Å². The topological polar surface area (TPSA) is 24.5 Å². The van der Waals surface area contributed by atoms with Crippen molar-refractivity contribution >= 4 is 11.3 Å². The Morgan fingerprint density at radius 3 is 3.11 bits per heavy atom. The van der Waals surface area contributed by atoms with Crippen molar-refractivity contribution in [1.29, 1.82) is 0 Å². The van der Waals surface area contributed by atoms with Crippen molar-refractivity contribution in [1.82, 2.24) is 10.2 Å². The molecular weight excluding hydrogens is 244 g/mol. The van der Waals surface area contributed by atoms with Gasteiger partial charge in [0, 0.05) is 18.0 Å². The molecule has 1 aliphatic heterocycles. The molecule has 3 nitrogen and oxygen atoms in total. The Labute approximate surface area is 114 Å². The fourth-order valence-electron chi connectivity index (χ4n) is 2.56. The molecule has 1 aromatic heterocycles. The molecule has 18 heavy (non-hydrogen) atoms. The fraction of sp³-hybridized carbons (Fsp3) is 0.714. The first-order chi connectivity index (χ1) is 8.85.